The van der Waals surface area contributed by atoms with E-state index < -0.39 is 17.1 Å². The Balaban J connectivity index is 5.38. The number of rotatable bonds is 10. The van der Waals surface area contributed by atoms with Gasteiger partial charge in [0.15, 0.2) is 0 Å². The van der Waals surface area contributed by atoms with Crippen LogP contribution in [0.15, 0.2) is 0 Å². The summed E-state index contributed by atoms with van der Waals surface area (Å²) in [5, 5.41) is 0. The molecule has 0 amide bonds. The lowest BCUT2D eigenvalue weighted by Crippen LogP contribution is -2.56. The zero-order chi connectivity index (χ0) is 16.0. The predicted molar refractivity (Wildman–Crippen MR) is 87.3 cm³/mol. The summed E-state index contributed by atoms with van der Waals surface area (Å²) in [6, 6.07) is -0.0434. The maximum Gasteiger partial charge on any atom is 0.339 e. The van der Waals surface area contributed by atoms with Crippen molar-refractivity contribution in [3.63, 3.8) is 0 Å². The summed E-state index contributed by atoms with van der Waals surface area (Å²) < 4.78 is 22.8. The highest BCUT2D eigenvalue weighted by Crippen LogP contribution is 2.40. The second kappa shape index (κ2) is 8.62. The van der Waals surface area contributed by atoms with Gasteiger partial charge < -0.3 is 23.4 Å². The van der Waals surface area contributed by atoms with Crippen molar-refractivity contribution in [3.8, 4) is 0 Å². The maximum atomic E-state index is 6.61. The molecule has 7 heteroatoms. The molecule has 0 aromatic rings. The van der Waals surface area contributed by atoms with Gasteiger partial charge in [-0.2, -0.15) is 0 Å². The van der Waals surface area contributed by atoms with E-state index in [-0.39, 0.29) is 17.1 Å². The minimum atomic E-state index is -2.29. The minimum absolute atomic E-state index is 0.0434. The number of hydrogen-bond acceptors (Lipinski definition) is 5. The lowest BCUT2D eigenvalue weighted by Gasteiger charge is -2.42. The SMILES string of the molecule is CCC(C(N)C(CC)[Si](C)(OC)OC)[Si](C)(OC)OC. The van der Waals surface area contributed by atoms with Crippen molar-refractivity contribution in [2.45, 2.75) is 56.9 Å². The van der Waals surface area contributed by atoms with Gasteiger partial charge in [0.1, 0.15) is 0 Å². The monoisotopic (exact) mass is 323 g/mol. The lowest BCUT2D eigenvalue weighted by molar-refractivity contribution is 0.208. The van der Waals surface area contributed by atoms with Gasteiger partial charge in [0.05, 0.1) is 0 Å². The van der Waals surface area contributed by atoms with E-state index in [1.165, 1.54) is 0 Å². The summed E-state index contributed by atoms with van der Waals surface area (Å²) in [7, 11) is 2.30. The van der Waals surface area contributed by atoms with Crippen LogP contribution in [-0.2, 0) is 17.7 Å². The molecule has 0 rings (SSSR count). The molecule has 0 spiro atoms. The van der Waals surface area contributed by atoms with Crippen LogP contribution in [0.5, 0.6) is 0 Å². The van der Waals surface area contributed by atoms with Crippen molar-refractivity contribution in [1.29, 1.82) is 0 Å². The fourth-order valence-corrected chi connectivity index (χ4v) is 8.12. The summed E-state index contributed by atoms with van der Waals surface area (Å²) in [6.45, 7) is 8.43. The van der Waals surface area contributed by atoms with Crippen LogP contribution in [-0.4, -0.2) is 51.6 Å². The molecule has 2 unspecified atom stereocenters. The summed E-state index contributed by atoms with van der Waals surface area (Å²) in [5.74, 6) is 0. The van der Waals surface area contributed by atoms with E-state index in [1.807, 2.05) is 0 Å². The van der Waals surface area contributed by atoms with E-state index in [1.54, 1.807) is 28.4 Å². The second-order valence-corrected chi connectivity index (χ2v) is 12.6. The Morgan fingerprint density at radius 1 is 0.750 bits per heavy atom. The van der Waals surface area contributed by atoms with E-state index >= 15 is 0 Å². The van der Waals surface area contributed by atoms with Gasteiger partial charge in [0.25, 0.3) is 0 Å². The lowest BCUT2D eigenvalue weighted by atomic mass is 10.1. The third-order valence-electron chi connectivity index (χ3n) is 4.78. The Bertz CT molecular complexity index is 247. The highest BCUT2D eigenvalue weighted by Gasteiger charge is 2.50. The minimum Gasteiger partial charge on any atom is -0.398 e. The summed E-state index contributed by atoms with van der Waals surface area (Å²) in [4.78, 5) is 0. The second-order valence-electron chi connectivity index (χ2n) is 5.46. The normalized spacial score (nSPS) is 17.9. The zero-order valence-corrected chi connectivity index (χ0v) is 16.4. The highest BCUT2D eigenvalue weighted by molar-refractivity contribution is 6.70. The first-order valence-corrected chi connectivity index (χ1v) is 12.0. The molecule has 5 nitrogen and oxygen atoms in total. The molecule has 0 aliphatic rings. The molecule has 2 atom stereocenters. The first-order valence-electron chi connectivity index (χ1n) is 7.26. The van der Waals surface area contributed by atoms with Gasteiger partial charge in [0, 0.05) is 45.6 Å². The van der Waals surface area contributed by atoms with Crippen LogP contribution in [0.1, 0.15) is 26.7 Å². The van der Waals surface area contributed by atoms with Gasteiger partial charge in [-0.05, 0) is 25.9 Å². The van der Waals surface area contributed by atoms with Crippen LogP contribution >= 0.6 is 0 Å². The molecule has 0 saturated carbocycles. The van der Waals surface area contributed by atoms with Crippen LogP contribution in [0, 0.1) is 0 Å². The Kier molecular flexibility index (Phi) is 8.72. The molecule has 0 bridgehead atoms. The van der Waals surface area contributed by atoms with E-state index in [4.69, 9.17) is 23.4 Å². The van der Waals surface area contributed by atoms with E-state index in [0.717, 1.165) is 12.8 Å². The molecule has 2 N–H and O–H groups in total. The Hall–Kier alpha value is 0.234. The topological polar surface area (TPSA) is 62.9 Å². The van der Waals surface area contributed by atoms with Gasteiger partial charge in [-0.3, -0.25) is 0 Å². The van der Waals surface area contributed by atoms with Crippen molar-refractivity contribution in [2.24, 2.45) is 5.73 Å². The number of hydrogen-bond donors (Lipinski definition) is 1. The standard InChI is InChI=1S/C13H33NO4Si2/c1-9-11(19(7,15-3)16-4)13(14)12(10-2)20(8,17-5)18-6/h11-13H,9-10,14H2,1-8H3. The molecule has 122 valence electrons. The fourth-order valence-electron chi connectivity index (χ4n) is 3.04. The van der Waals surface area contributed by atoms with E-state index in [9.17, 15) is 0 Å². The molecular formula is C13H33NO4Si2. The smallest absolute Gasteiger partial charge is 0.339 e. The van der Waals surface area contributed by atoms with Gasteiger partial charge in [0.2, 0.25) is 0 Å². The zero-order valence-electron chi connectivity index (χ0n) is 14.4. The largest absolute Gasteiger partial charge is 0.398 e. The average Bonchev–Trinajstić information content (AvgIpc) is 2.47. The van der Waals surface area contributed by atoms with Crippen LogP contribution in [0.25, 0.3) is 0 Å². The van der Waals surface area contributed by atoms with Gasteiger partial charge >= 0.3 is 17.1 Å². The molecular weight excluding hydrogens is 290 g/mol. The fraction of sp³-hybridized carbons (Fsp3) is 1.00. The summed E-state index contributed by atoms with van der Waals surface area (Å²) in [6.07, 6.45) is 1.86. The third-order valence-corrected chi connectivity index (χ3v) is 12.3. The molecule has 0 radical (unpaired) electrons. The van der Waals surface area contributed by atoms with Crippen molar-refractivity contribution < 1.29 is 17.7 Å². The van der Waals surface area contributed by atoms with Crippen molar-refractivity contribution in [2.75, 3.05) is 28.4 Å². The molecule has 0 saturated heterocycles. The molecule has 0 fully saturated rings. The van der Waals surface area contributed by atoms with Crippen molar-refractivity contribution in [1.82, 2.24) is 0 Å². The predicted octanol–water partition coefficient (Wildman–Crippen LogP) is 2.60. The molecule has 20 heavy (non-hydrogen) atoms. The molecule has 0 heterocycles. The first kappa shape index (κ1) is 20.2. The Labute approximate surface area is 126 Å². The Morgan fingerprint density at radius 2 is 1.00 bits per heavy atom. The van der Waals surface area contributed by atoms with Crippen molar-refractivity contribution in [3.05, 3.63) is 0 Å². The van der Waals surface area contributed by atoms with Crippen LogP contribution in [0.2, 0.25) is 24.2 Å². The van der Waals surface area contributed by atoms with Crippen LogP contribution < -0.4 is 5.73 Å². The summed E-state index contributed by atoms with van der Waals surface area (Å²) in [5.41, 5.74) is 7.02. The molecule has 0 aromatic heterocycles. The molecule has 0 aromatic carbocycles. The Morgan fingerprint density at radius 3 is 1.15 bits per heavy atom. The van der Waals surface area contributed by atoms with E-state index in [0.29, 0.717) is 0 Å². The van der Waals surface area contributed by atoms with Crippen LogP contribution in [0.3, 0.4) is 0 Å². The molecule has 0 aliphatic heterocycles. The number of nitrogens with two attached hydrogens (primary N) is 1. The van der Waals surface area contributed by atoms with E-state index in [2.05, 4.69) is 26.9 Å². The molecule has 0 aliphatic carbocycles. The van der Waals surface area contributed by atoms with Gasteiger partial charge in [-0.1, -0.05) is 13.8 Å². The first-order chi connectivity index (χ1) is 9.29. The third kappa shape index (κ3) is 4.12. The van der Waals surface area contributed by atoms with Crippen molar-refractivity contribution >= 4 is 17.1 Å². The quantitative estimate of drug-likeness (QED) is 0.626. The summed E-state index contributed by atoms with van der Waals surface area (Å²) >= 11 is 0. The van der Waals surface area contributed by atoms with Gasteiger partial charge in [-0.25, -0.2) is 0 Å². The average molecular weight is 324 g/mol. The van der Waals surface area contributed by atoms with Gasteiger partial charge in [-0.15, -0.1) is 0 Å². The maximum absolute atomic E-state index is 6.61. The highest BCUT2D eigenvalue weighted by atomic mass is 28.4. The van der Waals surface area contributed by atoms with Crippen LogP contribution in [0.4, 0.5) is 0 Å².